The predicted octanol–water partition coefficient (Wildman–Crippen LogP) is 2.97. The Labute approximate surface area is 115 Å². The molecule has 0 aliphatic heterocycles. The summed E-state index contributed by atoms with van der Waals surface area (Å²) in [4.78, 5) is 16.2. The molecule has 3 N–H and O–H groups in total. The van der Waals surface area contributed by atoms with E-state index in [9.17, 15) is 4.79 Å². The van der Waals surface area contributed by atoms with Gasteiger partial charge in [0.05, 0.1) is 0 Å². The molecule has 2 aromatic heterocycles. The molecule has 5 heteroatoms. The third-order valence-corrected chi connectivity index (χ3v) is 2.92. The number of nitrogen functional groups attached to an aromatic ring is 1. The zero-order chi connectivity index (χ0) is 14.1. The summed E-state index contributed by atoms with van der Waals surface area (Å²) in [5, 5.41) is 3.48. The minimum atomic E-state index is -0.337. The van der Waals surface area contributed by atoms with Gasteiger partial charge in [-0.2, -0.15) is 0 Å². The maximum absolute atomic E-state index is 12.1. The molecule has 100 valence electrons. The van der Waals surface area contributed by atoms with Crippen molar-refractivity contribution in [2.45, 2.75) is 6.92 Å². The third kappa shape index (κ3) is 2.33. The molecule has 0 fully saturated rings. The summed E-state index contributed by atoms with van der Waals surface area (Å²) >= 11 is 0. The van der Waals surface area contributed by atoms with Gasteiger partial charge in [-0.3, -0.25) is 4.79 Å². The first-order valence-electron chi connectivity index (χ1n) is 6.15. The minimum absolute atomic E-state index is 0.230. The van der Waals surface area contributed by atoms with Crippen molar-refractivity contribution in [3.63, 3.8) is 0 Å². The fraction of sp³-hybridized carbons (Fsp3) is 0.0667. The third-order valence-electron chi connectivity index (χ3n) is 2.92. The maximum Gasteiger partial charge on any atom is 0.292 e. The van der Waals surface area contributed by atoms with E-state index in [4.69, 9.17) is 10.2 Å². The molecule has 1 aromatic carbocycles. The quantitative estimate of drug-likeness (QED) is 0.699. The average Bonchev–Trinajstić information content (AvgIpc) is 2.84. The van der Waals surface area contributed by atoms with Gasteiger partial charge < -0.3 is 15.5 Å². The van der Waals surface area contributed by atoms with E-state index >= 15 is 0 Å². The lowest BCUT2D eigenvalue weighted by Crippen LogP contribution is -2.11. The number of anilines is 2. The lowest BCUT2D eigenvalue weighted by Gasteiger charge is -2.01. The summed E-state index contributed by atoms with van der Waals surface area (Å²) in [7, 11) is 0. The van der Waals surface area contributed by atoms with Gasteiger partial charge in [0.1, 0.15) is 11.4 Å². The van der Waals surface area contributed by atoms with Crippen LogP contribution < -0.4 is 11.1 Å². The van der Waals surface area contributed by atoms with Crippen molar-refractivity contribution in [2.75, 3.05) is 11.1 Å². The van der Waals surface area contributed by atoms with E-state index in [1.54, 1.807) is 36.5 Å². The van der Waals surface area contributed by atoms with Gasteiger partial charge in [0, 0.05) is 17.3 Å². The molecule has 3 rings (SSSR count). The van der Waals surface area contributed by atoms with Gasteiger partial charge >= 0.3 is 0 Å². The second-order valence-electron chi connectivity index (χ2n) is 4.58. The summed E-state index contributed by atoms with van der Waals surface area (Å²) in [5.74, 6) is 0.379. The van der Waals surface area contributed by atoms with Crippen LogP contribution in [0.3, 0.4) is 0 Å². The lowest BCUT2D eigenvalue weighted by atomic mass is 10.2. The Kier molecular flexibility index (Phi) is 2.87. The number of fused-ring (bicyclic) bond motifs is 1. The topological polar surface area (TPSA) is 81.2 Å². The molecule has 0 atom stereocenters. The number of hydrogen-bond donors (Lipinski definition) is 2. The van der Waals surface area contributed by atoms with Crippen LogP contribution in [0.1, 0.15) is 16.1 Å². The van der Waals surface area contributed by atoms with Crippen LogP contribution >= 0.6 is 0 Å². The Morgan fingerprint density at radius 1 is 1.25 bits per heavy atom. The molecule has 5 nitrogen and oxygen atoms in total. The van der Waals surface area contributed by atoms with Crippen LogP contribution in [0.2, 0.25) is 0 Å². The van der Waals surface area contributed by atoms with Crippen molar-refractivity contribution < 1.29 is 9.21 Å². The molecule has 3 aromatic rings. The molecule has 0 saturated heterocycles. The summed E-state index contributed by atoms with van der Waals surface area (Å²) < 4.78 is 5.49. The van der Waals surface area contributed by atoms with Crippen molar-refractivity contribution in [2.24, 2.45) is 0 Å². The minimum Gasteiger partial charge on any atom is -0.451 e. The number of nitrogens with two attached hydrogens (primary N) is 1. The summed E-state index contributed by atoms with van der Waals surface area (Å²) in [6.45, 7) is 1.93. The fourth-order valence-corrected chi connectivity index (χ4v) is 1.89. The summed E-state index contributed by atoms with van der Waals surface area (Å²) in [5.41, 5.74) is 7.98. The van der Waals surface area contributed by atoms with Crippen molar-refractivity contribution in [1.29, 1.82) is 0 Å². The Hall–Kier alpha value is -2.82. The van der Waals surface area contributed by atoms with Crippen molar-refractivity contribution in [3.05, 3.63) is 53.9 Å². The standard InChI is InChI=1S/C15H13N3O2/c1-9-2-5-14(17-8-9)18-15(19)13-7-10-6-11(16)3-4-12(10)20-13/h2-8H,16H2,1H3,(H,17,18,19). The highest BCUT2D eigenvalue weighted by molar-refractivity contribution is 6.04. The Morgan fingerprint density at radius 3 is 2.85 bits per heavy atom. The number of aryl methyl sites for hydroxylation is 1. The highest BCUT2D eigenvalue weighted by Gasteiger charge is 2.13. The van der Waals surface area contributed by atoms with Gasteiger partial charge in [0.25, 0.3) is 5.91 Å². The molecule has 0 radical (unpaired) electrons. The number of pyridine rings is 1. The number of furan rings is 1. The van der Waals surface area contributed by atoms with Crippen LogP contribution in [0.25, 0.3) is 11.0 Å². The van der Waals surface area contributed by atoms with E-state index in [1.165, 1.54) is 0 Å². The van der Waals surface area contributed by atoms with Gasteiger partial charge in [-0.25, -0.2) is 4.98 Å². The van der Waals surface area contributed by atoms with Crippen molar-refractivity contribution in [3.8, 4) is 0 Å². The van der Waals surface area contributed by atoms with Gasteiger partial charge in [-0.15, -0.1) is 0 Å². The largest absolute Gasteiger partial charge is 0.451 e. The van der Waals surface area contributed by atoms with Crippen LogP contribution in [0.15, 0.2) is 47.0 Å². The average molecular weight is 267 g/mol. The van der Waals surface area contributed by atoms with Gasteiger partial charge in [-0.05, 0) is 42.8 Å². The number of hydrogen-bond acceptors (Lipinski definition) is 4. The molecule has 0 saturated carbocycles. The number of carbonyl (C=O) groups is 1. The highest BCUT2D eigenvalue weighted by Crippen LogP contribution is 2.22. The predicted molar refractivity (Wildman–Crippen MR) is 77.6 cm³/mol. The number of rotatable bonds is 2. The van der Waals surface area contributed by atoms with E-state index in [2.05, 4.69) is 10.3 Å². The number of amides is 1. The van der Waals surface area contributed by atoms with Crippen molar-refractivity contribution >= 4 is 28.4 Å². The van der Waals surface area contributed by atoms with E-state index in [1.807, 2.05) is 13.0 Å². The Morgan fingerprint density at radius 2 is 2.10 bits per heavy atom. The SMILES string of the molecule is Cc1ccc(NC(=O)c2cc3cc(N)ccc3o2)nc1. The number of benzene rings is 1. The van der Waals surface area contributed by atoms with Crippen molar-refractivity contribution in [1.82, 2.24) is 4.98 Å². The molecule has 20 heavy (non-hydrogen) atoms. The molecule has 1 amide bonds. The van der Waals surface area contributed by atoms with Gasteiger partial charge in [-0.1, -0.05) is 6.07 Å². The first-order chi connectivity index (χ1) is 9.61. The summed E-state index contributed by atoms with van der Waals surface area (Å²) in [6.07, 6.45) is 1.69. The highest BCUT2D eigenvalue weighted by atomic mass is 16.3. The molecule has 0 aliphatic rings. The number of aromatic nitrogens is 1. The second kappa shape index (κ2) is 4.70. The molecule has 0 aliphatic carbocycles. The zero-order valence-electron chi connectivity index (χ0n) is 10.9. The smallest absolute Gasteiger partial charge is 0.292 e. The molecule has 0 unspecified atom stereocenters. The van der Waals surface area contributed by atoms with E-state index < -0.39 is 0 Å². The monoisotopic (exact) mass is 267 g/mol. The molecular formula is C15H13N3O2. The Balaban J connectivity index is 1.86. The van der Waals surface area contributed by atoms with E-state index in [0.29, 0.717) is 17.1 Å². The summed E-state index contributed by atoms with van der Waals surface area (Å²) in [6, 6.07) is 10.5. The molecule has 0 spiro atoms. The number of nitrogens with one attached hydrogen (secondary N) is 1. The second-order valence-corrected chi connectivity index (χ2v) is 4.58. The van der Waals surface area contributed by atoms with Crippen LogP contribution in [-0.4, -0.2) is 10.9 Å². The number of nitrogens with zero attached hydrogens (tertiary/aromatic N) is 1. The van der Waals surface area contributed by atoms with E-state index in [-0.39, 0.29) is 11.7 Å². The first kappa shape index (κ1) is 12.2. The Bertz CT molecular complexity index is 775. The lowest BCUT2D eigenvalue weighted by molar-refractivity contribution is 0.0998. The van der Waals surface area contributed by atoms with Crippen LogP contribution in [0.5, 0.6) is 0 Å². The first-order valence-corrected chi connectivity index (χ1v) is 6.15. The van der Waals surface area contributed by atoms with Crippen LogP contribution in [-0.2, 0) is 0 Å². The van der Waals surface area contributed by atoms with E-state index in [0.717, 1.165) is 10.9 Å². The maximum atomic E-state index is 12.1. The molecule has 2 heterocycles. The van der Waals surface area contributed by atoms with Gasteiger partial charge in [0.2, 0.25) is 0 Å². The van der Waals surface area contributed by atoms with Crippen LogP contribution in [0.4, 0.5) is 11.5 Å². The number of carbonyl (C=O) groups excluding carboxylic acids is 1. The molecule has 0 bridgehead atoms. The zero-order valence-corrected chi connectivity index (χ0v) is 10.9. The fourth-order valence-electron chi connectivity index (χ4n) is 1.89. The van der Waals surface area contributed by atoms with Gasteiger partial charge in [0.15, 0.2) is 5.76 Å². The normalized spacial score (nSPS) is 10.7. The van der Waals surface area contributed by atoms with Crippen LogP contribution in [0, 0.1) is 6.92 Å². The molecular weight excluding hydrogens is 254 g/mol.